The predicted molar refractivity (Wildman–Crippen MR) is 93.5 cm³/mol. The van der Waals surface area contributed by atoms with Crippen molar-refractivity contribution in [1.82, 2.24) is 10.2 Å². The van der Waals surface area contributed by atoms with Crippen LogP contribution in [-0.4, -0.2) is 51.7 Å². The summed E-state index contributed by atoms with van der Waals surface area (Å²) >= 11 is 0. The zero-order chi connectivity index (χ0) is 17.0. The third kappa shape index (κ3) is 5.16. The van der Waals surface area contributed by atoms with Crippen LogP contribution in [0.25, 0.3) is 0 Å². The Hall–Kier alpha value is -1.18. The Labute approximate surface area is 148 Å². The number of amides is 1. The number of nitrogens with one attached hydrogen (secondary N) is 1. The highest BCUT2D eigenvalue weighted by atomic mass is 35.5. The fourth-order valence-corrected chi connectivity index (χ4v) is 4.48. The monoisotopic (exact) mass is 378 g/mol. The zero-order valence-corrected chi connectivity index (χ0v) is 15.5. The van der Waals surface area contributed by atoms with Gasteiger partial charge >= 0.3 is 0 Å². The number of hydrogen-bond acceptors (Lipinski definition) is 4. The molecule has 2 atom stereocenters. The van der Waals surface area contributed by atoms with E-state index in [9.17, 15) is 17.6 Å². The van der Waals surface area contributed by atoms with E-state index < -0.39 is 21.6 Å². The first-order valence-electron chi connectivity index (χ1n) is 7.75. The SMILES string of the molecule is CNCC1CCN(C(=O)C(C)CS(=O)(=O)c2ccc(F)cc2)C1.Cl. The molecule has 0 aliphatic carbocycles. The van der Waals surface area contributed by atoms with Crippen LogP contribution in [0.5, 0.6) is 0 Å². The summed E-state index contributed by atoms with van der Waals surface area (Å²) in [6.45, 7) is 3.83. The topological polar surface area (TPSA) is 66.5 Å². The first-order valence-corrected chi connectivity index (χ1v) is 9.40. The van der Waals surface area contributed by atoms with Crippen molar-refractivity contribution in [2.75, 3.05) is 32.4 Å². The van der Waals surface area contributed by atoms with Crippen molar-refractivity contribution in [3.63, 3.8) is 0 Å². The van der Waals surface area contributed by atoms with Gasteiger partial charge in [0.25, 0.3) is 0 Å². The molecule has 0 aromatic heterocycles. The molecule has 2 rings (SSSR count). The minimum absolute atomic E-state index is 0. The van der Waals surface area contributed by atoms with E-state index in [4.69, 9.17) is 0 Å². The van der Waals surface area contributed by atoms with Gasteiger partial charge in [0, 0.05) is 19.0 Å². The normalized spacial score (nSPS) is 19.0. The molecule has 136 valence electrons. The van der Waals surface area contributed by atoms with Gasteiger partial charge in [-0.25, -0.2) is 12.8 Å². The molecule has 1 N–H and O–H groups in total. The molecule has 1 aromatic rings. The predicted octanol–water partition coefficient (Wildman–Crippen LogP) is 1.73. The summed E-state index contributed by atoms with van der Waals surface area (Å²) in [4.78, 5) is 14.2. The molecule has 5 nitrogen and oxygen atoms in total. The summed E-state index contributed by atoms with van der Waals surface area (Å²) in [6, 6.07) is 4.70. The van der Waals surface area contributed by atoms with Crippen LogP contribution in [0.1, 0.15) is 13.3 Å². The van der Waals surface area contributed by atoms with E-state index in [0.717, 1.165) is 25.1 Å². The van der Waals surface area contributed by atoms with Gasteiger partial charge < -0.3 is 10.2 Å². The third-order valence-corrected chi connectivity index (χ3v) is 6.08. The second kappa shape index (κ2) is 8.78. The van der Waals surface area contributed by atoms with Gasteiger partial charge in [-0.1, -0.05) is 6.92 Å². The van der Waals surface area contributed by atoms with Gasteiger partial charge in [-0.3, -0.25) is 4.79 Å². The molecule has 1 heterocycles. The molecule has 1 aromatic carbocycles. The number of carbonyl (C=O) groups is 1. The van der Waals surface area contributed by atoms with Gasteiger partial charge in [0.15, 0.2) is 9.84 Å². The first kappa shape index (κ1) is 20.9. The van der Waals surface area contributed by atoms with Crippen molar-refractivity contribution < 1.29 is 17.6 Å². The summed E-state index contributed by atoms with van der Waals surface area (Å²) in [5.41, 5.74) is 0. The maximum atomic E-state index is 12.9. The summed E-state index contributed by atoms with van der Waals surface area (Å²) in [7, 11) is -1.72. The Balaban J connectivity index is 0.00000288. The van der Waals surface area contributed by atoms with Crippen LogP contribution in [0, 0.1) is 17.7 Å². The number of nitrogens with zero attached hydrogens (tertiary/aromatic N) is 1. The lowest BCUT2D eigenvalue weighted by Crippen LogP contribution is -2.36. The molecule has 24 heavy (non-hydrogen) atoms. The van der Waals surface area contributed by atoms with Crippen LogP contribution in [0.15, 0.2) is 29.2 Å². The summed E-state index contributed by atoms with van der Waals surface area (Å²) in [5, 5.41) is 3.10. The molecule has 0 spiro atoms. The number of carbonyl (C=O) groups excluding carboxylic acids is 1. The van der Waals surface area contributed by atoms with Crippen LogP contribution in [-0.2, 0) is 14.6 Å². The van der Waals surface area contributed by atoms with Crippen LogP contribution < -0.4 is 5.32 Å². The molecule has 1 saturated heterocycles. The van der Waals surface area contributed by atoms with Gasteiger partial charge in [-0.15, -0.1) is 12.4 Å². The molecule has 0 bridgehead atoms. The molecule has 1 aliphatic heterocycles. The fraction of sp³-hybridized carbons (Fsp3) is 0.562. The number of rotatable bonds is 6. The van der Waals surface area contributed by atoms with Crippen molar-refractivity contribution >= 4 is 28.2 Å². The lowest BCUT2D eigenvalue weighted by molar-refractivity contribution is -0.133. The molecule has 8 heteroatoms. The number of halogens is 2. The second-order valence-electron chi connectivity index (χ2n) is 6.13. The highest BCUT2D eigenvalue weighted by Crippen LogP contribution is 2.20. The molecule has 1 aliphatic rings. The maximum absolute atomic E-state index is 12.9. The number of hydrogen-bond donors (Lipinski definition) is 1. The van der Waals surface area contributed by atoms with Crippen molar-refractivity contribution in [2.45, 2.75) is 18.2 Å². The maximum Gasteiger partial charge on any atom is 0.226 e. The Morgan fingerprint density at radius 2 is 2.00 bits per heavy atom. The minimum atomic E-state index is -3.60. The number of likely N-dealkylation sites (tertiary alicyclic amines) is 1. The Kier molecular flexibility index (Phi) is 7.63. The van der Waals surface area contributed by atoms with Gasteiger partial charge in [-0.2, -0.15) is 0 Å². The number of sulfone groups is 1. The summed E-state index contributed by atoms with van der Waals surface area (Å²) in [5.74, 6) is -1.07. The Bertz CT molecular complexity index is 652. The van der Waals surface area contributed by atoms with Gasteiger partial charge in [0.1, 0.15) is 5.82 Å². The average molecular weight is 379 g/mol. The highest BCUT2D eigenvalue weighted by molar-refractivity contribution is 7.91. The van der Waals surface area contributed by atoms with E-state index in [2.05, 4.69) is 5.32 Å². The zero-order valence-electron chi connectivity index (χ0n) is 13.9. The van der Waals surface area contributed by atoms with E-state index in [1.165, 1.54) is 12.1 Å². The van der Waals surface area contributed by atoms with Crippen molar-refractivity contribution in [2.24, 2.45) is 11.8 Å². The Morgan fingerprint density at radius 1 is 1.38 bits per heavy atom. The standard InChI is InChI=1S/C16H23FN2O3S.ClH/c1-12(16(20)19-8-7-13(10-19)9-18-2)11-23(21,22)15-5-3-14(17)4-6-15;/h3-6,12-13,18H,7-11H2,1-2H3;1H. The minimum Gasteiger partial charge on any atom is -0.342 e. The molecular formula is C16H24ClFN2O3S. The van der Waals surface area contributed by atoms with Crippen LogP contribution in [0.2, 0.25) is 0 Å². The van der Waals surface area contributed by atoms with Gasteiger partial charge in [0.2, 0.25) is 5.91 Å². The average Bonchev–Trinajstić information content (AvgIpc) is 2.95. The molecule has 0 radical (unpaired) electrons. The summed E-state index contributed by atoms with van der Waals surface area (Å²) < 4.78 is 37.6. The summed E-state index contributed by atoms with van der Waals surface area (Å²) in [6.07, 6.45) is 0.935. The van der Waals surface area contributed by atoms with Crippen molar-refractivity contribution in [3.05, 3.63) is 30.1 Å². The van der Waals surface area contributed by atoms with Gasteiger partial charge in [-0.05, 0) is 50.2 Å². The van der Waals surface area contributed by atoms with E-state index in [-0.39, 0.29) is 29.0 Å². The molecular weight excluding hydrogens is 355 g/mol. The highest BCUT2D eigenvalue weighted by Gasteiger charge is 2.31. The third-order valence-electron chi connectivity index (χ3n) is 4.15. The van der Waals surface area contributed by atoms with Crippen molar-refractivity contribution in [3.8, 4) is 0 Å². The van der Waals surface area contributed by atoms with E-state index >= 15 is 0 Å². The van der Waals surface area contributed by atoms with E-state index in [1.807, 2.05) is 7.05 Å². The van der Waals surface area contributed by atoms with Gasteiger partial charge in [0.05, 0.1) is 10.6 Å². The Morgan fingerprint density at radius 3 is 2.58 bits per heavy atom. The lowest BCUT2D eigenvalue weighted by atomic mass is 10.1. The quantitative estimate of drug-likeness (QED) is 0.765. The van der Waals surface area contributed by atoms with Crippen LogP contribution in [0.3, 0.4) is 0 Å². The molecule has 0 saturated carbocycles. The number of benzene rings is 1. The van der Waals surface area contributed by atoms with Crippen LogP contribution in [0.4, 0.5) is 4.39 Å². The lowest BCUT2D eigenvalue weighted by Gasteiger charge is -2.21. The molecule has 2 unspecified atom stereocenters. The van der Waals surface area contributed by atoms with Crippen molar-refractivity contribution in [1.29, 1.82) is 0 Å². The smallest absolute Gasteiger partial charge is 0.226 e. The molecule has 1 amide bonds. The fourth-order valence-electron chi connectivity index (χ4n) is 2.94. The molecule has 1 fully saturated rings. The van der Waals surface area contributed by atoms with E-state index in [0.29, 0.717) is 19.0 Å². The first-order chi connectivity index (χ1) is 10.8. The van der Waals surface area contributed by atoms with Crippen LogP contribution >= 0.6 is 12.4 Å². The van der Waals surface area contributed by atoms with E-state index in [1.54, 1.807) is 11.8 Å². The second-order valence-corrected chi connectivity index (χ2v) is 8.17. The largest absolute Gasteiger partial charge is 0.342 e.